The molecule has 31 heavy (non-hydrogen) atoms. The summed E-state index contributed by atoms with van der Waals surface area (Å²) in [6.07, 6.45) is 0.112. The molecule has 0 saturated carbocycles. The van der Waals surface area contributed by atoms with Crippen molar-refractivity contribution in [2.45, 2.75) is 25.9 Å². The molecule has 1 aromatic carbocycles. The number of pyridine rings is 1. The van der Waals surface area contributed by atoms with Gasteiger partial charge in [0.15, 0.2) is 5.82 Å². The summed E-state index contributed by atoms with van der Waals surface area (Å²) in [7, 11) is 1.49. The van der Waals surface area contributed by atoms with Gasteiger partial charge in [-0.15, -0.1) is 0 Å². The van der Waals surface area contributed by atoms with E-state index in [-0.39, 0.29) is 5.92 Å². The lowest BCUT2D eigenvalue weighted by Crippen LogP contribution is -2.46. The van der Waals surface area contributed by atoms with E-state index in [0.29, 0.717) is 40.6 Å². The van der Waals surface area contributed by atoms with Gasteiger partial charge in [-0.1, -0.05) is 23.8 Å². The van der Waals surface area contributed by atoms with Crippen LogP contribution in [0.2, 0.25) is 5.02 Å². The number of benzene rings is 1. The van der Waals surface area contributed by atoms with Crippen molar-refractivity contribution < 1.29 is 22.7 Å². The fourth-order valence-electron chi connectivity index (χ4n) is 3.95. The first-order valence-electron chi connectivity index (χ1n) is 9.67. The summed E-state index contributed by atoms with van der Waals surface area (Å²) in [5.41, 5.74) is 0.461. The molecule has 162 valence electrons. The topological polar surface area (TPSA) is 54.8 Å². The van der Waals surface area contributed by atoms with Gasteiger partial charge in [0.25, 0.3) is 5.91 Å². The van der Waals surface area contributed by atoms with Gasteiger partial charge in [0.1, 0.15) is 11.3 Å². The molecular weight excluding hydrogens is 431 g/mol. The molecule has 1 aliphatic heterocycles. The number of hydrogen-bond donors (Lipinski definition) is 0. The number of hydrazone groups is 1. The minimum atomic E-state index is -4.68. The molecule has 2 atom stereocenters. The van der Waals surface area contributed by atoms with Crippen molar-refractivity contribution in [3.8, 4) is 5.75 Å². The maximum Gasteiger partial charge on any atom is 0.420 e. The van der Waals surface area contributed by atoms with E-state index < -0.39 is 29.4 Å². The van der Waals surface area contributed by atoms with E-state index in [2.05, 4.69) is 10.1 Å². The van der Waals surface area contributed by atoms with Crippen LogP contribution in [0.4, 0.5) is 19.0 Å². The molecule has 0 unspecified atom stereocenters. The highest BCUT2D eigenvalue weighted by atomic mass is 35.5. The number of aromatic nitrogens is 1. The summed E-state index contributed by atoms with van der Waals surface area (Å²) in [5.74, 6) is -1.35. The number of anilines is 1. The first kappa shape index (κ1) is 21.4. The molecule has 2 heterocycles. The van der Waals surface area contributed by atoms with E-state index >= 15 is 0 Å². The van der Waals surface area contributed by atoms with Gasteiger partial charge < -0.3 is 4.74 Å². The Morgan fingerprint density at radius 3 is 2.48 bits per heavy atom. The van der Waals surface area contributed by atoms with Crippen molar-refractivity contribution in [2.24, 2.45) is 16.9 Å². The maximum atomic E-state index is 13.7. The van der Waals surface area contributed by atoms with E-state index in [4.69, 9.17) is 16.3 Å². The molecule has 5 nitrogen and oxygen atoms in total. The van der Waals surface area contributed by atoms with Crippen LogP contribution in [0.1, 0.15) is 29.7 Å². The van der Waals surface area contributed by atoms with Crippen molar-refractivity contribution in [3.63, 3.8) is 0 Å². The Labute approximate surface area is 182 Å². The second-order valence-electron chi connectivity index (χ2n) is 7.46. The Hall–Kier alpha value is -2.87. The van der Waals surface area contributed by atoms with Gasteiger partial charge in [0.2, 0.25) is 0 Å². The van der Waals surface area contributed by atoms with E-state index in [1.807, 2.05) is 12.2 Å². The van der Waals surface area contributed by atoms with Gasteiger partial charge in [-0.05, 0) is 55.7 Å². The summed E-state index contributed by atoms with van der Waals surface area (Å²) in [5, 5.41) is 5.56. The zero-order chi connectivity index (χ0) is 22.3. The zero-order valence-corrected chi connectivity index (χ0v) is 17.5. The number of halogens is 4. The third-order valence-electron chi connectivity index (χ3n) is 5.49. The Morgan fingerprint density at radius 2 is 1.84 bits per heavy atom. The second-order valence-corrected chi connectivity index (χ2v) is 7.87. The highest BCUT2D eigenvalue weighted by Crippen LogP contribution is 2.41. The van der Waals surface area contributed by atoms with Gasteiger partial charge in [-0.25, -0.2) is 4.98 Å². The first-order chi connectivity index (χ1) is 14.7. The van der Waals surface area contributed by atoms with E-state index in [1.54, 1.807) is 25.1 Å². The Bertz CT molecular complexity index is 1100. The van der Waals surface area contributed by atoms with Crippen LogP contribution < -0.4 is 9.75 Å². The van der Waals surface area contributed by atoms with Gasteiger partial charge >= 0.3 is 6.18 Å². The van der Waals surface area contributed by atoms with Gasteiger partial charge in [0.05, 0.1) is 23.8 Å². The molecule has 0 radical (unpaired) electrons. The van der Waals surface area contributed by atoms with Crippen molar-refractivity contribution >= 4 is 29.0 Å². The molecule has 0 spiro atoms. The molecule has 9 heteroatoms. The maximum absolute atomic E-state index is 13.7. The number of nitrogens with zero attached hydrogens (tertiary/aromatic N) is 3. The van der Waals surface area contributed by atoms with Crippen LogP contribution >= 0.6 is 11.6 Å². The molecule has 4 rings (SSSR count). The Balaban J connectivity index is 1.90. The lowest BCUT2D eigenvalue weighted by Gasteiger charge is -2.37. The Kier molecular flexibility index (Phi) is 5.51. The molecule has 0 N–H and O–H groups in total. The Morgan fingerprint density at radius 1 is 1.13 bits per heavy atom. The summed E-state index contributed by atoms with van der Waals surface area (Å²) in [6, 6.07) is 7.25. The summed E-state index contributed by atoms with van der Waals surface area (Å²) in [4.78, 5) is 17.3. The molecule has 1 aromatic heterocycles. The number of amides is 1. The van der Waals surface area contributed by atoms with Crippen molar-refractivity contribution in [1.29, 1.82) is 0 Å². The van der Waals surface area contributed by atoms with Crippen LogP contribution in [0.3, 0.4) is 0 Å². The third kappa shape index (κ3) is 3.92. The fraction of sp³-hybridized carbons (Fsp3) is 0.318. The fourth-order valence-corrected chi connectivity index (χ4v) is 4.21. The average molecular weight is 450 g/mol. The highest BCUT2D eigenvalue weighted by Gasteiger charge is 2.44. The predicted octanol–water partition coefficient (Wildman–Crippen LogP) is 5.40. The quantitative estimate of drug-likeness (QED) is 0.589. The number of rotatable bonds is 3. The third-order valence-corrected chi connectivity index (χ3v) is 5.78. The van der Waals surface area contributed by atoms with Crippen LogP contribution in [0.25, 0.3) is 0 Å². The molecule has 0 saturated heterocycles. The summed E-state index contributed by atoms with van der Waals surface area (Å²) in [6.45, 7) is 1.57. The van der Waals surface area contributed by atoms with Crippen LogP contribution in [-0.2, 0) is 11.0 Å². The van der Waals surface area contributed by atoms with Gasteiger partial charge in [-0.3, -0.25) is 4.79 Å². The first-order valence-corrected chi connectivity index (χ1v) is 10.0. The molecule has 2 aliphatic rings. The van der Waals surface area contributed by atoms with Gasteiger partial charge in [0, 0.05) is 11.6 Å². The number of hydrogen-bond acceptors (Lipinski definition) is 4. The van der Waals surface area contributed by atoms with E-state index in [0.717, 1.165) is 11.1 Å². The predicted molar refractivity (Wildman–Crippen MR) is 111 cm³/mol. The number of alkyl halides is 3. The number of allylic oxidation sites excluding steroid dienone is 2. The number of carbonyl (C=O) groups excluding carboxylic acids is 1. The van der Waals surface area contributed by atoms with Gasteiger partial charge in [-0.2, -0.15) is 23.3 Å². The smallest absolute Gasteiger partial charge is 0.420 e. The van der Waals surface area contributed by atoms with Crippen LogP contribution in [-0.4, -0.2) is 23.7 Å². The average Bonchev–Trinajstić information content (AvgIpc) is 2.73. The molecule has 1 aliphatic carbocycles. The minimum Gasteiger partial charge on any atom is -0.495 e. The molecule has 0 fully saturated rings. The SMILES string of the molecule is COc1ccc(C2=NN(c3nc(C)ccc3C(F)(F)F)C(=O)[C@@H]3CC=CC[C@H]23)cc1Cl. The monoisotopic (exact) mass is 449 g/mol. The number of methoxy groups -OCH3 is 1. The van der Waals surface area contributed by atoms with Crippen LogP contribution in [0.15, 0.2) is 47.6 Å². The van der Waals surface area contributed by atoms with E-state index in [1.165, 1.54) is 13.2 Å². The van der Waals surface area contributed by atoms with E-state index in [9.17, 15) is 18.0 Å². The molecule has 1 amide bonds. The van der Waals surface area contributed by atoms with Crippen LogP contribution in [0.5, 0.6) is 5.75 Å². The van der Waals surface area contributed by atoms with Crippen molar-refractivity contribution in [3.05, 3.63) is 64.3 Å². The number of fused-ring (bicyclic) bond motifs is 1. The minimum absolute atomic E-state index is 0.266. The lowest BCUT2D eigenvalue weighted by atomic mass is 9.76. The summed E-state index contributed by atoms with van der Waals surface area (Å²) < 4.78 is 46.2. The normalized spacial score (nSPS) is 21.0. The highest BCUT2D eigenvalue weighted by molar-refractivity contribution is 6.32. The molecular formula is C22H19ClF3N3O2. The standard InChI is InChI=1S/C22H19ClF3N3O2/c1-12-7-9-16(22(24,25)26)20(27-12)29-21(30)15-6-4-3-5-14(15)19(28-29)13-8-10-18(31-2)17(23)11-13/h3-4,7-11,14-15H,5-6H2,1-2H3/t14-,15+/m0/s1. The number of carbonyl (C=O) groups is 1. The lowest BCUT2D eigenvalue weighted by molar-refractivity contribution is -0.137. The zero-order valence-electron chi connectivity index (χ0n) is 16.8. The van der Waals surface area contributed by atoms with Crippen molar-refractivity contribution in [1.82, 2.24) is 4.98 Å². The van der Waals surface area contributed by atoms with Crippen LogP contribution in [0, 0.1) is 18.8 Å². The second kappa shape index (κ2) is 8.00. The number of aryl methyl sites for hydroxylation is 1. The number of ether oxygens (including phenoxy) is 1. The summed E-state index contributed by atoms with van der Waals surface area (Å²) >= 11 is 6.28. The molecule has 0 bridgehead atoms. The molecule has 2 aromatic rings. The largest absolute Gasteiger partial charge is 0.495 e. The van der Waals surface area contributed by atoms with Crippen molar-refractivity contribution in [2.75, 3.05) is 12.1 Å².